The van der Waals surface area contributed by atoms with Crippen LogP contribution in [0.15, 0.2) is 30.3 Å². The van der Waals surface area contributed by atoms with Crippen molar-refractivity contribution in [3.63, 3.8) is 0 Å². The summed E-state index contributed by atoms with van der Waals surface area (Å²) < 4.78 is 0. The lowest BCUT2D eigenvalue weighted by Gasteiger charge is -2.29. The lowest BCUT2D eigenvalue weighted by atomic mass is 10.2. The van der Waals surface area contributed by atoms with Crippen molar-refractivity contribution in [2.45, 2.75) is 39.0 Å². The molecule has 0 heterocycles. The molecule has 0 aliphatic carbocycles. The second-order valence-corrected chi connectivity index (χ2v) is 11.9. The third kappa shape index (κ3) is 7.08. The molecule has 1 aromatic rings. The Kier molecular flexibility index (Phi) is 6.62. The molecule has 0 bridgehead atoms. The van der Waals surface area contributed by atoms with Gasteiger partial charge in [0.1, 0.15) is 0 Å². The molecule has 0 fully saturated rings. The van der Waals surface area contributed by atoms with Gasteiger partial charge in [0, 0.05) is 32.6 Å². The van der Waals surface area contributed by atoms with Crippen molar-refractivity contribution in [2.75, 3.05) is 13.2 Å². The standard InChI is InChI=1S/C16H26N2O2Si/c1-17-15(19)10-11-16(20)18(13-21(2,3)4)12-14-8-6-5-7-9-14/h5-9H,10-13H2,1-4H3,(H,17,19). The highest BCUT2D eigenvalue weighted by atomic mass is 28.3. The fraction of sp³-hybridized carbons (Fsp3) is 0.500. The molecule has 1 aromatic carbocycles. The lowest BCUT2D eigenvalue weighted by Crippen LogP contribution is -2.43. The minimum Gasteiger partial charge on any atom is -0.359 e. The molecule has 0 spiro atoms. The Morgan fingerprint density at radius 1 is 1.10 bits per heavy atom. The molecule has 2 amide bonds. The van der Waals surface area contributed by atoms with Gasteiger partial charge in [0.05, 0.1) is 8.07 Å². The fourth-order valence-corrected chi connectivity index (χ4v) is 3.55. The van der Waals surface area contributed by atoms with Crippen molar-refractivity contribution in [1.29, 1.82) is 0 Å². The van der Waals surface area contributed by atoms with Crippen molar-refractivity contribution < 1.29 is 9.59 Å². The van der Waals surface area contributed by atoms with Crippen LogP contribution >= 0.6 is 0 Å². The summed E-state index contributed by atoms with van der Waals surface area (Å²) >= 11 is 0. The Bertz CT molecular complexity index is 469. The van der Waals surface area contributed by atoms with Gasteiger partial charge in [-0.3, -0.25) is 9.59 Å². The summed E-state index contributed by atoms with van der Waals surface area (Å²) in [6, 6.07) is 10.0. The molecule has 4 nitrogen and oxygen atoms in total. The molecule has 0 saturated heterocycles. The second-order valence-electron chi connectivity index (χ2n) is 6.47. The fourth-order valence-electron chi connectivity index (χ4n) is 2.11. The van der Waals surface area contributed by atoms with Crippen LogP contribution in [0.3, 0.4) is 0 Å². The zero-order chi connectivity index (χ0) is 15.9. The number of rotatable bonds is 7. The van der Waals surface area contributed by atoms with Crippen LogP contribution in [-0.4, -0.2) is 38.0 Å². The number of nitrogens with zero attached hydrogens (tertiary/aromatic N) is 1. The smallest absolute Gasteiger partial charge is 0.223 e. The van der Waals surface area contributed by atoms with Crippen molar-refractivity contribution in [3.05, 3.63) is 35.9 Å². The highest BCUT2D eigenvalue weighted by Gasteiger charge is 2.22. The van der Waals surface area contributed by atoms with Crippen molar-refractivity contribution in [3.8, 4) is 0 Å². The molecule has 5 heteroatoms. The van der Waals surface area contributed by atoms with E-state index in [9.17, 15) is 9.59 Å². The van der Waals surface area contributed by atoms with Crippen LogP contribution in [0.25, 0.3) is 0 Å². The van der Waals surface area contributed by atoms with Gasteiger partial charge in [0.25, 0.3) is 0 Å². The first-order chi connectivity index (χ1) is 9.81. The van der Waals surface area contributed by atoms with Gasteiger partial charge in [-0.2, -0.15) is 0 Å². The van der Waals surface area contributed by atoms with Crippen LogP contribution in [0.1, 0.15) is 18.4 Å². The summed E-state index contributed by atoms with van der Waals surface area (Å²) in [5, 5.41) is 2.56. The number of carbonyl (C=O) groups excluding carboxylic acids is 2. The minimum absolute atomic E-state index is 0.0601. The number of hydrogen-bond acceptors (Lipinski definition) is 2. The topological polar surface area (TPSA) is 49.4 Å². The Hall–Kier alpha value is -1.62. The number of carbonyl (C=O) groups is 2. The average Bonchev–Trinajstić information content (AvgIpc) is 2.43. The first kappa shape index (κ1) is 17.4. The van der Waals surface area contributed by atoms with Crippen LogP contribution in [-0.2, 0) is 16.1 Å². The van der Waals surface area contributed by atoms with Crippen LogP contribution in [0.2, 0.25) is 19.6 Å². The molecule has 21 heavy (non-hydrogen) atoms. The number of hydrogen-bond donors (Lipinski definition) is 1. The molecule has 0 unspecified atom stereocenters. The Morgan fingerprint density at radius 3 is 2.24 bits per heavy atom. The number of amides is 2. The molecule has 0 saturated carbocycles. The summed E-state index contributed by atoms with van der Waals surface area (Å²) in [7, 11) is 0.197. The summed E-state index contributed by atoms with van der Waals surface area (Å²) in [6.07, 6.45) is 1.35. The maximum atomic E-state index is 12.4. The second kappa shape index (κ2) is 7.98. The highest BCUT2D eigenvalue weighted by molar-refractivity contribution is 6.76. The molecular formula is C16H26N2O2Si. The molecule has 0 aliphatic heterocycles. The molecule has 116 valence electrons. The molecule has 0 radical (unpaired) electrons. The first-order valence-electron chi connectivity index (χ1n) is 7.34. The number of benzene rings is 1. The number of nitrogens with one attached hydrogen (secondary N) is 1. The van der Waals surface area contributed by atoms with E-state index in [0.29, 0.717) is 6.54 Å². The SMILES string of the molecule is CNC(=O)CCC(=O)N(Cc1ccccc1)C[Si](C)(C)C. The lowest BCUT2D eigenvalue weighted by molar-refractivity contribution is -0.133. The van der Waals surface area contributed by atoms with Crippen LogP contribution in [0, 0.1) is 0 Å². The summed E-state index contributed by atoms with van der Waals surface area (Å²) in [5.41, 5.74) is 1.13. The van der Waals surface area contributed by atoms with Crippen LogP contribution in [0.4, 0.5) is 0 Å². The third-order valence-corrected chi connectivity index (χ3v) is 4.41. The van der Waals surface area contributed by atoms with E-state index in [1.807, 2.05) is 35.2 Å². The molecule has 0 aromatic heterocycles. The molecule has 1 N–H and O–H groups in total. The highest BCUT2D eigenvalue weighted by Crippen LogP contribution is 2.12. The zero-order valence-electron chi connectivity index (χ0n) is 13.5. The van der Waals surface area contributed by atoms with Crippen molar-refractivity contribution in [1.82, 2.24) is 10.2 Å². The van der Waals surface area contributed by atoms with Crippen molar-refractivity contribution in [2.24, 2.45) is 0 Å². The van der Waals surface area contributed by atoms with Gasteiger partial charge in [0.2, 0.25) is 11.8 Å². The van der Waals surface area contributed by atoms with E-state index in [4.69, 9.17) is 0 Å². The van der Waals surface area contributed by atoms with Gasteiger partial charge in [-0.05, 0) is 5.56 Å². The quantitative estimate of drug-likeness (QED) is 0.787. The monoisotopic (exact) mass is 306 g/mol. The van der Waals surface area contributed by atoms with Gasteiger partial charge in [-0.1, -0.05) is 50.0 Å². The van der Waals surface area contributed by atoms with Gasteiger partial charge in [-0.15, -0.1) is 0 Å². The van der Waals surface area contributed by atoms with E-state index in [-0.39, 0.29) is 24.7 Å². The van der Waals surface area contributed by atoms with Gasteiger partial charge >= 0.3 is 0 Å². The van der Waals surface area contributed by atoms with E-state index < -0.39 is 8.07 Å². The normalized spacial score (nSPS) is 11.0. The Labute approximate surface area is 128 Å². The summed E-state index contributed by atoms with van der Waals surface area (Å²) in [5.74, 6) is -0.0270. The minimum atomic E-state index is -1.40. The predicted molar refractivity (Wildman–Crippen MR) is 88.5 cm³/mol. The zero-order valence-corrected chi connectivity index (χ0v) is 14.5. The summed E-state index contributed by atoms with van der Waals surface area (Å²) in [6.45, 7) is 7.36. The predicted octanol–water partition coefficient (Wildman–Crippen LogP) is 2.42. The van der Waals surface area contributed by atoms with E-state index in [0.717, 1.165) is 11.7 Å². The van der Waals surface area contributed by atoms with E-state index >= 15 is 0 Å². The van der Waals surface area contributed by atoms with Crippen LogP contribution < -0.4 is 5.32 Å². The average molecular weight is 306 g/mol. The van der Waals surface area contributed by atoms with E-state index in [1.54, 1.807) is 7.05 Å². The molecule has 0 aliphatic rings. The van der Waals surface area contributed by atoms with Gasteiger partial charge in [0.15, 0.2) is 0 Å². The molecule has 1 rings (SSSR count). The van der Waals surface area contributed by atoms with Gasteiger partial charge < -0.3 is 10.2 Å². The van der Waals surface area contributed by atoms with Crippen molar-refractivity contribution >= 4 is 19.9 Å². The van der Waals surface area contributed by atoms with E-state index in [1.165, 1.54) is 0 Å². The third-order valence-electron chi connectivity index (χ3n) is 3.08. The van der Waals surface area contributed by atoms with Gasteiger partial charge in [-0.25, -0.2) is 0 Å². The van der Waals surface area contributed by atoms with Crippen LogP contribution in [0.5, 0.6) is 0 Å². The molecule has 0 atom stereocenters. The maximum absolute atomic E-state index is 12.4. The summed E-state index contributed by atoms with van der Waals surface area (Å²) in [4.78, 5) is 25.6. The largest absolute Gasteiger partial charge is 0.359 e. The Morgan fingerprint density at radius 2 is 1.71 bits per heavy atom. The first-order valence-corrected chi connectivity index (χ1v) is 11.0. The Balaban J connectivity index is 2.72. The van der Waals surface area contributed by atoms with E-state index in [2.05, 4.69) is 25.0 Å². The molecular weight excluding hydrogens is 280 g/mol. The maximum Gasteiger partial charge on any atom is 0.223 e.